The van der Waals surface area contributed by atoms with E-state index in [0.717, 1.165) is 0 Å². The zero-order valence-electron chi connectivity index (χ0n) is 20.0. The van der Waals surface area contributed by atoms with Crippen LogP contribution >= 0.6 is 0 Å². The van der Waals surface area contributed by atoms with Gasteiger partial charge in [0.15, 0.2) is 6.61 Å². The smallest absolute Gasteiger partial charge is 0.341 e. The van der Waals surface area contributed by atoms with Crippen LogP contribution in [-0.2, 0) is 22.6 Å². The molecule has 3 aromatic rings. The van der Waals surface area contributed by atoms with Crippen molar-refractivity contribution >= 4 is 28.6 Å². The van der Waals surface area contributed by atoms with Crippen molar-refractivity contribution in [3.05, 3.63) is 65.2 Å². The minimum Gasteiger partial charge on any atom is -0.481 e. The molecule has 0 aliphatic heterocycles. The van der Waals surface area contributed by atoms with Crippen LogP contribution in [0.1, 0.15) is 35.4 Å². The molecule has 3 rings (SSSR count). The Morgan fingerprint density at radius 3 is 2.54 bits per heavy atom. The molecule has 7 nitrogen and oxygen atoms in total. The molecule has 3 N–H and O–H groups in total. The van der Waals surface area contributed by atoms with Gasteiger partial charge in [0.25, 0.3) is 11.7 Å². The van der Waals surface area contributed by atoms with Gasteiger partial charge in [-0.2, -0.15) is 0 Å². The molecule has 0 saturated carbocycles. The Hall–Kier alpha value is -3.61. The highest BCUT2D eigenvalue weighted by Crippen LogP contribution is 2.35. The van der Waals surface area contributed by atoms with Gasteiger partial charge in [0, 0.05) is 12.2 Å². The quantitative estimate of drug-likeness (QED) is 0.457. The number of carboxylic acids is 1. The topological polar surface area (TPSA) is 112 Å². The predicted octanol–water partition coefficient (Wildman–Crippen LogP) is 2.38. The van der Waals surface area contributed by atoms with E-state index in [0.29, 0.717) is 11.2 Å². The Morgan fingerprint density at radius 1 is 1.21 bits per heavy atom. The zero-order chi connectivity index (χ0) is 24.6. The summed E-state index contributed by atoms with van der Waals surface area (Å²) < 4.78 is 46.9. The number of carbonyl (C=O) groups excluding carboxylic acids is 2. The van der Waals surface area contributed by atoms with Gasteiger partial charge in [0.1, 0.15) is 5.75 Å². The van der Waals surface area contributed by atoms with Crippen molar-refractivity contribution in [3.8, 4) is 5.75 Å². The van der Waals surface area contributed by atoms with Crippen molar-refractivity contribution in [2.24, 2.45) is 5.73 Å². The monoisotopic (exact) mass is 385 g/mol. The van der Waals surface area contributed by atoms with Gasteiger partial charge in [-0.25, -0.2) is 4.79 Å². The van der Waals surface area contributed by atoms with Crippen molar-refractivity contribution in [1.82, 2.24) is 4.57 Å². The molecule has 1 amide bonds. The summed E-state index contributed by atoms with van der Waals surface area (Å²) in [5.41, 5.74) is 5.85. The maximum Gasteiger partial charge on any atom is 0.341 e. The number of aromatic nitrogens is 1. The van der Waals surface area contributed by atoms with E-state index in [2.05, 4.69) is 0 Å². The number of hydrogen-bond donors (Lipinski definition) is 2. The Balaban J connectivity index is 2.36. The standard InChI is InChI=1S/C21H20N2O5/c1-2-14-19(20(26)21(22)27)18-15(9-6-10-16(18)28-12-17(24)25)23(14)11-13-7-4-3-5-8-13/h3-10H,2,11-12H2,1H3,(H2,22,27)(H,24,25)/i3D,4D,5D,7D,8D. The number of carboxylic acid groups (broad SMARTS) is 1. The highest BCUT2D eigenvalue weighted by molar-refractivity contribution is 6.45. The lowest BCUT2D eigenvalue weighted by Gasteiger charge is -2.11. The van der Waals surface area contributed by atoms with E-state index in [-0.39, 0.29) is 35.2 Å². The molecule has 144 valence electrons. The fraction of sp³-hybridized carbons (Fsp3) is 0.190. The van der Waals surface area contributed by atoms with Crippen LogP contribution < -0.4 is 10.5 Å². The van der Waals surface area contributed by atoms with E-state index in [4.69, 9.17) is 22.4 Å². The highest BCUT2D eigenvalue weighted by Gasteiger charge is 2.27. The minimum atomic E-state index is -1.25. The number of rotatable bonds is 8. The first-order valence-corrected chi connectivity index (χ1v) is 8.39. The van der Waals surface area contributed by atoms with Crippen LogP contribution in [0, 0.1) is 0 Å². The van der Waals surface area contributed by atoms with Crippen LogP contribution in [-0.4, -0.2) is 33.9 Å². The molecule has 0 radical (unpaired) electrons. The Bertz CT molecular complexity index is 1290. The summed E-state index contributed by atoms with van der Waals surface area (Å²) in [5.74, 6) is -3.44. The second-order valence-corrected chi connectivity index (χ2v) is 5.89. The first-order valence-electron chi connectivity index (χ1n) is 10.9. The molecular weight excluding hydrogens is 360 g/mol. The Morgan fingerprint density at radius 2 is 1.93 bits per heavy atom. The average Bonchev–Trinajstić information content (AvgIpc) is 3.10. The van der Waals surface area contributed by atoms with Gasteiger partial charge in [0.2, 0.25) is 0 Å². The third-order valence-corrected chi connectivity index (χ3v) is 4.16. The molecule has 0 spiro atoms. The number of amides is 1. The van der Waals surface area contributed by atoms with Crippen LogP contribution in [0.15, 0.2) is 48.4 Å². The number of carbonyl (C=O) groups is 3. The van der Waals surface area contributed by atoms with Gasteiger partial charge >= 0.3 is 5.97 Å². The average molecular weight is 385 g/mol. The largest absolute Gasteiger partial charge is 0.481 e. The number of Topliss-reactive ketones (excluding diaryl/α,β-unsaturated/α-hetero) is 1. The van der Waals surface area contributed by atoms with Gasteiger partial charge < -0.3 is 20.1 Å². The summed E-state index contributed by atoms with van der Waals surface area (Å²) >= 11 is 0. The van der Waals surface area contributed by atoms with Crippen LogP contribution in [0.25, 0.3) is 10.9 Å². The fourth-order valence-corrected chi connectivity index (χ4v) is 3.11. The van der Waals surface area contributed by atoms with Crippen molar-refractivity contribution < 1.29 is 31.1 Å². The molecule has 0 bridgehead atoms. The van der Waals surface area contributed by atoms with Crippen LogP contribution in [0.4, 0.5) is 0 Å². The number of hydrogen-bond acceptors (Lipinski definition) is 4. The number of aliphatic carboxylic acids is 1. The third kappa shape index (κ3) is 3.59. The molecule has 0 unspecified atom stereocenters. The molecule has 0 aliphatic rings. The van der Waals surface area contributed by atoms with Gasteiger partial charge in [-0.1, -0.05) is 43.2 Å². The lowest BCUT2D eigenvalue weighted by atomic mass is 10.0. The van der Waals surface area contributed by atoms with Crippen LogP contribution in [0.3, 0.4) is 0 Å². The maximum absolute atomic E-state index is 12.8. The minimum absolute atomic E-state index is 0.0115. The number of nitrogens with zero attached hydrogens (tertiary/aromatic N) is 1. The third-order valence-electron chi connectivity index (χ3n) is 4.16. The summed E-state index contributed by atoms with van der Waals surface area (Å²) in [6.45, 7) is 0.811. The number of nitrogens with two attached hydrogens (primary N) is 1. The number of primary amides is 1. The number of fused-ring (bicyclic) bond motifs is 1. The molecule has 1 aromatic heterocycles. The number of ether oxygens (including phenoxy) is 1. The first kappa shape index (κ1) is 13.5. The molecule has 1 heterocycles. The summed E-state index contributed by atoms with van der Waals surface area (Å²) in [5, 5.41) is 9.15. The van der Waals surface area contributed by atoms with Crippen molar-refractivity contribution in [2.75, 3.05) is 6.61 Å². The molecule has 2 aromatic carbocycles. The zero-order valence-corrected chi connectivity index (χ0v) is 15.0. The van der Waals surface area contributed by atoms with E-state index in [1.54, 1.807) is 23.6 Å². The van der Waals surface area contributed by atoms with Gasteiger partial charge in [-0.15, -0.1) is 0 Å². The molecule has 0 saturated heterocycles. The summed E-state index contributed by atoms with van der Waals surface area (Å²) in [6, 6.07) is 2.26. The summed E-state index contributed by atoms with van der Waals surface area (Å²) in [4.78, 5) is 35.6. The first-order chi connectivity index (χ1) is 15.5. The summed E-state index contributed by atoms with van der Waals surface area (Å²) in [7, 11) is 0. The number of benzene rings is 2. The normalized spacial score (nSPS) is 13.2. The number of ketones is 1. The molecule has 0 aliphatic carbocycles. The second-order valence-electron chi connectivity index (χ2n) is 5.89. The van der Waals surface area contributed by atoms with E-state index in [1.165, 1.54) is 6.07 Å². The van der Waals surface area contributed by atoms with Gasteiger partial charge in [-0.05, 0) is 24.1 Å². The second kappa shape index (κ2) is 7.96. The molecule has 0 atom stereocenters. The van der Waals surface area contributed by atoms with E-state index < -0.39 is 54.5 Å². The van der Waals surface area contributed by atoms with Crippen LogP contribution in [0.5, 0.6) is 5.75 Å². The lowest BCUT2D eigenvalue weighted by molar-refractivity contribution is -0.139. The molecule has 0 fully saturated rings. The Kier molecular flexibility index (Phi) is 3.85. The van der Waals surface area contributed by atoms with Crippen molar-refractivity contribution in [1.29, 1.82) is 0 Å². The fourth-order valence-electron chi connectivity index (χ4n) is 3.11. The van der Waals surface area contributed by atoms with Crippen molar-refractivity contribution in [3.63, 3.8) is 0 Å². The van der Waals surface area contributed by atoms with Gasteiger partial charge in [0.05, 0.1) is 23.3 Å². The highest BCUT2D eigenvalue weighted by atomic mass is 16.5. The SMILES string of the molecule is [2H]c1c([2H])c([2H])c(Cn2c(CC)c(C(=O)C(N)=O)c3c(OCC(=O)O)cccc32)c([2H])c1[2H]. The molecule has 28 heavy (non-hydrogen) atoms. The van der Waals surface area contributed by atoms with E-state index >= 15 is 0 Å². The van der Waals surface area contributed by atoms with Gasteiger partial charge in [-0.3, -0.25) is 9.59 Å². The predicted molar refractivity (Wildman–Crippen MR) is 104 cm³/mol. The van der Waals surface area contributed by atoms with E-state index in [9.17, 15) is 14.4 Å². The van der Waals surface area contributed by atoms with Crippen LogP contribution in [0.2, 0.25) is 0 Å². The molecule has 7 heteroatoms. The maximum atomic E-state index is 12.8. The summed E-state index contributed by atoms with van der Waals surface area (Å²) in [6.07, 6.45) is 0.222. The molecular formula is C21H20N2O5. The lowest BCUT2D eigenvalue weighted by Crippen LogP contribution is -2.24. The van der Waals surface area contributed by atoms with Crippen molar-refractivity contribution in [2.45, 2.75) is 19.9 Å². The Labute approximate surface area is 168 Å². The van der Waals surface area contributed by atoms with E-state index in [1.807, 2.05) is 0 Å².